The molecule has 26 heavy (non-hydrogen) atoms. The van der Waals surface area contributed by atoms with Crippen molar-refractivity contribution in [2.24, 2.45) is 23.2 Å². The molecule has 2 heterocycles. The highest BCUT2D eigenvalue weighted by Crippen LogP contribution is 2.61. The number of nitrogens with zero attached hydrogens (tertiary/aromatic N) is 5. The van der Waals surface area contributed by atoms with Gasteiger partial charge in [-0.1, -0.05) is 24.3 Å². The molecule has 3 aromatic rings. The monoisotopic (exact) mass is 348 g/mol. The van der Waals surface area contributed by atoms with Gasteiger partial charge in [0.15, 0.2) is 5.82 Å². The maximum Gasteiger partial charge on any atom is 0.207 e. The summed E-state index contributed by atoms with van der Waals surface area (Å²) in [5.41, 5.74) is 1.15. The molecule has 0 spiro atoms. The number of aromatic nitrogens is 5. The van der Waals surface area contributed by atoms with Crippen LogP contribution in [0.3, 0.4) is 0 Å². The fraction of sp³-hybridized carbons (Fsp3) is 0.600. The zero-order valence-electron chi connectivity index (χ0n) is 15.1. The lowest BCUT2D eigenvalue weighted by Gasteiger charge is -2.59. The molecule has 1 aromatic carbocycles. The summed E-state index contributed by atoms with van der Waals surface area (Å²) in [6, 6.07) is 8.70. The topological polar surface area (TPSA) is 68.0 Å². The van der Waals surface area contributed by atoms with Crippen LogP contribution in [0, 0.1) is 23.2 Å². The molecule has 1 N–H and O–H groups in total. The Bertz CT molecular complexity index is 957. The van der Waals surface area contributed by atoms with Crippen LogP contribution in [0.4, 0.5) is 5.82 Å². The molecule has 2 aromatic heterocycles. The molecule has 134 valence electrons. The van der Waals surface area contributed by atoms with Crippen molar-refractivity contribution in [2.45, 2.75) is 51.5 Å². The van der Waals surface area contributed by atoms with Crippen LogP contribution in [0.25, 0.3) is 16.4 Å². The van der Waals surface area contributed by atoms with Gasteiger partial charge in [0.2, 0.25) is 5.65 Å². The molecule has 0 aliphatic heterocycles. The Kier molecular flexibility index (Phi) is 2.95. The third-order valence-corrected chi connectivity index (χ3v) is 7.43. The number of rotatable bonds is 3. The van der Waals surface area contributed by atoms with E-state index in [2.05, 4.69) is 46.0 Å². The first-order valence-electron chi connectivity index (χ1n) is 9.94. The van der Waals surface area contributed by atoms with Gasteiger partial charge in [-0.25, -0.2) is 0 Å². The quantitative estimate of drug-likeness (QED) is 0.782. The molecule has 7 rings (SSSR count). The summed E-state index contributed by atoms with van der Waals surface area (Å²) in [6.07, 6.45) is 8.59. The lowest BCUT2D eigenvalue weighted by Crippen LogP contribution is -2.53. The molecular formula is C20H24N6. The van der Waals surface area contributed by atoms with Crippen molar-refractivity contribution >= 4 is 22.2 Å². The molecule has 4 fully saturated rings. The van der Waals surface area contributed by atoms with Crippen LogP contribution in [0.1, 0.15) is 45.4 Å². The van der Waals surface area contributed by atoms with Gasteiger partial charge in [0.05, 0.1) is 0 Å². The summed E-state index contributed by atoms with van der Waals surface area (Å²) in [5, 5.41) is 22.6. The fourth-order valence-corrected chi connectivity index (χ4v) is 6.62. The molecule has 0 radical (unpaired) electrons. The van der Waals surface area contributed by atoms with Gasteiger partial charge in [-0.3, -0.25) is 0 Å². The molecule has 4 aliphatic carbocycles. The van der Waals surface area contributed by atoms with Crippen LogP contribution in [-0.2, 0) is 0 Å². The van der Waals surface area contributed by atoms with Gasteiger partial charge in [0.25, 0.3) is 0 Å². The Morgan fingerprint density at radius 3 is 2.38 bits per heavy atom. The minimum atomic E-state index is 0.417. The second kappa shape index (κ2) is 5.15. The second-order valence-corrected chi connectivity index (χ2v) is 9.03. The zero-order chi connectivity index (χ0) is 17.3. The summed E-state index contributed by atoms with van der Waals surface area (Å²) >= 11 is 0. The van der Waals surface area contributed by atoms with Crippen LogP contribution in [0.2, 0.25) is 0 Å². The van der Waals surface area contributed by atoms with Gasteiger partial charge in [0, 0.05) is 16.8 Å². The Morgan fingerprint density at radius 1 is 1.04 bits per heavy atom. The highest BCUT2D eigenvalue weighted by atomic mass is 15.6. The van der Waals surface area contributed by atoms with Crippen LogP contribution in [0.5, 0.6) is 0 Å². The predicted molar refractivity (Wildman–Crippen MR) is 99.8 cm³/mol. The molecule has 0 saturated heterocycles. The lowest BCUT2D eigenvalue weighted by molar-refractivity contribution is -0.0603. The molecule has 4 aliphatic rings. The molecule has 4 saturated carbocycles. The first kappa shape index (κ1) is 14.9. The van der Waals surface area contributed by atoms with E-state index < -0.39 is 0 Å². The number of hydrogen-bond acceptors (Lipinski definition) is 5. The molecule has 4 bridgehead atoms. The van der Waals surface area contributed by atoms with Crippen LogP contribution in [-0.4, -0.2) is 31.3 Å². The zero-order valence-corrected chi connectivity index (χ0v) is 15.1. The third-order valence-electron chi connectivity index (χ3n) is 7.43. The Balaban J connectivity index is 1.40. The molecule has 0 amide bonds. The maximum atomic E-state index is 4.70. The Morgan fingerprint density at radius 2 is 1.69 bits per heavy atom. The van der Waals surface area contributed by atoms with Gasteiger partial charge in [-0.2, -0.15) is 0 Å². The van der Waals surface area contributed by atoms with Crippen molar-refractivity contribution in [3.05, 3.63) is 24.3 Å². The van der Waals surface area contributed by atoms with Gasteiger partial charge in [-0.15, -0.1) is 14.8 Å². The molecule has 6 nitrogen and oxygen atoms in total. The van der Waals surface area contributed by atoms with Gasteiger partial charge in [-0.05, 0) is 79.0 Å². The number of benzene rings is 1. The van der Waals surface area contributed by atoms with Crippen LogP contribution < -0.4 is 5.32 Å². The van der Waals surface area contributed by atoms with Crippen molar-refractivity contribution in [1.29, 1.82) is 0 Å². The first-order valence-corrected chi connectivity index (χ1v) is 9.94. The summed E-state index contributed by atoms with van der Waals surface area (Å²) in [5.74, 6) is 3.77. The molecule has 1 atom stereocenters. The summed E-state index contributed by atoms with van der Waals surface area (Å²) in [4.78, 5) is 0. The van der Waals surface area contributed by atoms with Crippen molar-refractivity contribution in [3.8, 4) is 0 Å². The van der Waals surface area contributed by atoms with Gasteiger partial charge >= 0.3 is 0 Å². The SMILES string of the molecule is C[C@H](Nc1nn2nnnc2c2ccccc12)C12CC3CC(CC(C3)C1)C2. The number of tetrazole rings is 1. The first-order chi connectivity index (χ1) is 12.7. The third kappa shape index (κ3) is 2.04. The average molecular weight is 348 g/mol. The lowest BCUT2D eigenvalue weighted by atomic mass is 9.48. The van der Waals surface area contributed by atoms with E-state index in [1.54, 1.807) is 4.63 Å². The maximum absolute atomic E-state index is 4.70. The molecular weight excluding hydrogens is 324 g/mol. The van der Waals surface area contributed by atoms with E-state index in [1.807, 2.05) is 6.07 Å². The van der Waals surface area contributed by atoms with E-state index in [-0.39, 0.29) is 0 Å². The van der Waals surface area contributed by atoms with Crippen molar-refractivity contribution in [2.75, 3.05) is 5.32 Å². The van der Waals surface area contributed by atoms with Gasteiger partial charge in [0.1, 0.15) is 0 Å². The van der Waals surface area contributed by atoms with Crippen molar-refractivity contribution in [1.82, 2.24) is 25.3 Å². The van der Waals surface area contributed by atoms with Crippen LogP contribution >= 0.6 is 0 Å². The van der Waals surface area contributed by atoms with Crippen molar-refractivity contribution < 1.29 is 0 Å². The number of anilines is 1. The Labute approximate surface area is 152 Å². The number of nitrogens with one attached hydrogen (secondary N) is 1. The van der Waals surface area contributed by atoms with E-state index in [0.29, 0.717) is 17.1 Å². The standard InChI is InChI=1S/C20H24N6/c1-12(20-9-13-6-14(10-20)8-15(7-13)11-20)21-18-16-4-2-3-5-17(16)19-22-24-25-26(19)23-18/h2-5,12-15H,6-11H2,1H3,(H,21,23)/t12-,13?,14?,15?,20?/m0/s1. The van der Waals surface area contributed by atoms with Crippen molar-refractivity contribution in [3.63, 3.8) is 0 Å². The van der Waals surface area contributed by atoms with E-state index >= 15 is 0 Å². The highest BCUT2D eigenvalue weighted by Gasteiger charge is 2.53. The normalized spacial score (nSPS) is 33.8. The number of hydrogen-bond donors (Lipinski definition) is 1. The van der Waals surface area contributed by atoms with Gasteiger partial charge < -0.3 is 5.32 Å². The highest BCUT2D eigenvalue weighted by molar-refractivity contribution is 5.99. The number of fused-ring (bicyclic) bond motifs is 3. The summed E-state index contributed by atoms with van der Waals surface area (Å²) in [7, 11) is 0. The minimum absolute atomic E-state index is 0.417. The largest absolute Gasteiger partial charge is 0.365 e. The minimum Gasteiger partial charge on any atom is -0.365 e. The fourth-order valence-electron chi connectivity index (χ4n) is 6.62. The summed E-state index contributed by atoms with van der Waals surface area (Å²) < 4.78 is 1.55. The van der Waals surface area contributed by atoms with E-state index in [0.717, 1.165) is 34.3 Å². The smallest absolute Gasteiger partial charge is 0.207 e. The van der Waals surface area contributed by atoms with Crippen LogP contribution in [0.15, 0.2) is 24.3 Å². The Hall–Kier alpha value is -2.24. The molecule has 6 heteroatoms. The second-order valence-electron chi connectivity index (χ2n) is 9.03. The molecule has 0 unspecified atom stereocenters. The average Bonchev–Trinajstić information content (AvgIpc) is 3.09. The van der Waals surface area contributed by atoms with E-state index in [1.165, 1.54) is 38.5 Å². The summed E-state index contributed by atoms with van der Waals surface area (Å²) in [6.45, 7) is 2.37. The predicted octanol–water partition coefficient (Wildman–Crippen LogP) is 3.69. The van der Waals surface area contributed by atoms with E-state index in [4.69, 9.17) is 5.10 Å². The van der Waals surface area contributed by atoms with E-state index in [9.17, 15) is 0 Å².